The minimum absolute atomic E-state index is 0.0514. The second-order valence-corrected chi connectivity index (χ2v) is 14.5. The van der Waals surface area contributed by atoms with Crippen LogP contribution in [0.2, 0.25) is 0 Å². The summed E-state index contributed by atoms with van der Waals surface area (Å²) in [6.07, 6.45) is 0. The van der Waals surface area contributed by atoms with Gasteiger partial charge < -0.3 is 0 Å². The summed E-state index contributed by atoms with van der Waals surface area (Å²) in [5, 5.41) is 4.84. The van der Waals surface area contributed by atoms with Crippen LogP contribution in [0, 0.1) is 0 Å². The fraction of sp³-hybridized carbons (Fsp3) is 0.0600. The summed E-state index contributed by atoms with van der Waals surface area (Å²) in [6.45, 7) is 4.67. The lowest BCUT2D eigenvalue weighted by atomic mass is 9.81. The Labute approximate surface area is 309 Å². The van der Waals surface area contributed by atoms with Crippen molar-refractivity contribution in [3.63, 3.8) is 0 Å². The fourth-order valence-corrected chi connectivity index (χ4v) is 8.09. The summed E-state index contributed by atoms with van der Waals surface area (Å²) in [4.78, 5) is 15.5. The van der Waals surface area contributed by atoms with E-state index < -0.39 is 0 Å². The van der Waals surface area contributed by atoms with Gasteiger partial charge in [0.1, 0.15) is 0 Å². The highest BCUT2D eigenvalue weighted by atomic mass is 15.0. The zero-order valence-corrected chi connectivity index (χ0v) is 29.6. The number of hydrogen-bond acceptors (Lipinski definition) is 3. The van der Waals surface area contributed by atoms with Crippen LogP contribution in [0.4, 0.5) is 0 Å². The van der Waals surface area contributed by atoms with E-state index >= 15 is 0 Å². The van der Waals surface area contributed by atoms with E-state index in [9.17, 15) is 0 Å². The van der Waals surface area contributed by atoms with Gasteiger partial charge in [0.05, 0.1) is 0 Å². The standard InChI is InChI=1S/C50H35N3/c1-50(2)45-22-10-9-21-41(45)44-31-43-37(30-46(44)50)25-23-34-24-26-40(29-42(34)43)49-52-47(38-19-11-17-35(27-38)32-13-5-3-6-14-32)51-48(53-49)39-20-12-18-36(28-39)33-15-7-4-8-16-33/h3-31H,1-2H3. The molecular formula is C50H35N3. The number of rotatable bonds is 5. The maximum Gasteiger partial charge on any atom is 0.164 e. The Hall–Kier alpha value is -6.71. The highest BCUT2D eigenvalue weighted by Gasteiger charge is 2.35. The number of fused-ring (bicyclic) bond motifs is 6. The van der Waals surface area contributed by atoms with Crippen molar-refractivity contribution in [2.45, 2.75) is 19.3 Å². The van der Waals surface area contributed by atoms with Crippen molar-refractivity contribution in [3.05, 3.63) is 187 Å². The first-order valence-electron chi connectivity index (χ1n) is 18.2. The molecule has 3 heteroatoms. The van der Waals surface area contributed by atoms with Crippen LogP contribution in [0.15, 0.2) is 176 Å². The quantitative estimate of drug-likeness (QED) is 0.170. The Balaban J connectivity index is 1.16. The lowest BCUT2D eigenvalue weighted by Crippen LogP contribution is -2.14. The van der Waals surface area contributed by atoms with Crippen molar-refractivity contribution >= 4 is 21.5 Å². The van der Waals surface area contributed by atoms with Gasteiger partial charge in [-0.1, -0.05) is 159 Å². The van der Waals surface area contributed by atoms with E-state index in [0.717, 1.165) is 38.9 Å². The zero-order chi connectivity index (χ0) is 35.5. The molecule has 53 heavy (non-hydrogen) atoms. The molecule has 1 aliphatic rings. The van der Waals surface area contributed by atoms with Gasteiger partial charge >= 0.3 is 0 Å². The van der Waals surface area contributed by atoms with Crippen LogP contribution in [-0.4, -0.2) is 15.0 Å². The minimum atomic E-state index is -0.0514. The summed E-state index contributed by atoms with van der Waals surface area (Å²) in [5.74, 6) is 1.93. The number of benzene rings is 8. The maximum absolute atomic E-state index is 5.19. The second kappa shape index (κ2) is 12.2. The first-order valence-corrected chi connectivity index (χ1v) is 18.2. The van der Waals surface area contributed by atoms with Crippen LogP contribution in [0.25, 0.3) is 89.1 Å². The predicted octanol–water partition coefficient (Wildman–Crippen LogP) is 12.8. The molecule has 0 spiro atoms. The molecule has 0 fully saturated rings. The van der Waals surface area contributed by atoms with E-state index in [4.69, 9.17) is 15.0 Å². The molecule has 0 radical (unpaired) electrons. The van der Waals surface area contributed by atoms with Gasteiger partial charge in [0.25, 0.3) is 0 Å². The second-order valence-electron chi connectivity index (χ2n) is 14.5. The Bertz CT molecular complexity index is 2750. The number of hydrogen-bond donors (Lipinski definition) is 0. The maximum atomic E-state index is 5.19. The lowest BCUT2D eigenvalue weighted by Gasteiger charge is -2.21. The zero-order valence-electron chi connectivity index (χ0n) is 29.6. The first-order chi connectivity index (χ1) is 26.0. The van der Waals surface area contributed by atoms with E-state index in [1.165, 1.54) is 43.8 Å². The Morgan fingerprint density at radius 2 is 0.792 bits per heavy atom. The normalized spacial score (nSPS) is 12.9. The van der Waals surface area contributed by atoms with Crippen molar-refractivity contribution < 1.29 is 0 Å². The molecule has 0 amide bonds. The topological polar surface area (TPSA) is 38.7 Å². The lowest BCUT2D eigenvalue weighted by molar-refractivity contribution is 0.661. The summed E-state index contributed by atoms with van der Waals surface area (Å²) in [6, 6.07) is 62.6. The molecule has 10 rings (SSSR count). The third-order valence-electron chi connectivity index (χ3n) is 10.9. The van der Waals surface area contributed by atoms with Gasteiger partial charge in [0.15, 0.2) is 17.5 Å². The third kappa shape index (κ3) is 5.32. The average Bonchev–Trinajstić information content (AvgIpc) is 3.45. The summed E-state index contributed by atoms with van der Waals surface area (Å²) >= 11 is 0. The van der Waals surface area contributed by atoms with Gasteiger partial charge in [-0.3, -0.25) is 0 Å². The van der Waals surface area contributed by atoms with Gasteiger partial charge in [-0.2, -0.15) is 0 Å². The molecule has 0 N–H and O–H groups in total. The molecule has 0 aliphatic heterocycles. The van der Waals surface area contributed by atoms with Crippen molar-refractivity contribution in [1.82, 2.24) is 15.0 Å². The monoisotopic (exact) mass is 677 g/mol. The van der Waals surface area contributed by atoms with E-state index in [2.05, 4.69) is 178 Å². The van der Waals surface area contributed by atoms with Crippen LogP contribution in [0.5, 0.6) is 0 Å². The molecule has 8 aromatic carbocycles. The Morgan fingerprint density at radius 3 is 1.42 bits per heavy atom. The van der Waals surface area contributed by atoms with E-state index in [1.54, 1.807) is 0 Å². The predicted molar refractivity (Wildman–Crippen MR) is 220 cm³/mol. The average molecular weight is 678 g/mol. The molecule has 0 saturated carbocycles. The van der Waals surface area contributed by atoms with Gasteiger partial charge in [-0.15, -0.1) is 0 Å². The van der Waals surface area contributed by atoms with Crippen LogP contribution in [-0.2, 0) is 5.41 Å². The van der Waals surface area contributed by atoms with Crippen molar-refractivity contribution in [2.75, 3.05) is 0 Å². The van der Waals surface area contributed by atoms with E-state index in [1.807, 2.05) is 12.1 Å². The van der Waals surface area contributed by atoms with Crippen molar-refractivity contribution in [3.8, 4) is 67.5 Å². The smallest absolute Gasteiger partial charge is 0.164 e. The molecule has 0 bridgehead atoms. The highest BCUT2D eigenvalue weighted by Crippen LogP contribution is 2.50. The molecule has 0 unspecified atom stereocenters. The van der Waals surface area contributed by atoms with Crippen LogP contribution < -0.4 is 0 Å². The molecule has 0 saturated heterocycles. The van der Waals surface area contributed by atoms with E-state index in [0.29, 0.717) is 17.5 Å². The molecule has 9 aromatic rings. The fourth-order valence-electron chi connectivity index (χ4n) is 8.09. The van der Waals surface area contributed by atoms with E-state index in [-0.39, 0.29) is 5.41 Å². The van der Waals surface area contributed by atoms with Crippen LogP contribution >= 0.6 is 0 Å². The summed E-state index contributed by atoms with van der Waals surface area (Å²) < 4.78 is 0. The SMILES string of the molecule is CC1(C)c2ccccc2-c2cc3c(ccc4ccc(-c5nc(-c6cccc(-c7ccccc7)c6)nc(-c6cccc(-c7ccccc7)c6)n5)cc43)cc21. The van der Waals surface area contributed by atoms with Crippen LogP contribution in [0.1, 0.15) is 25.0 Å². The molecule has 1 aromatic heterocycles. The molecule has 250 valence electrons. The summed E-state index contributed by atoms with van der Waals surface area (Å²) in [7, 11) is 0. The largest absolute Gasteiger partial charge is 0.208 e. The molecule has 1 aliphatic carbocycles. The molecule has 0 atom stereocenters. The Kier molecular flexibility index (Phi) is 7.16. The third-order valence-corrected chi connectivity index (χ3v) is 10.9. The van der Waals surface area contributed by atoms with Crippen molar-refractivity contribution in [2.24, 2.45) is 0 Å². The van der Waals surface area contributed by atoms with Gasteiger partial charge in [-0.25, -0.2) is 15.0 Å². The van der Waals surface area contributed by atoms with Gasteiger partial charge in [-0.05, 0) is 96.4 Å². The molecule has 3 nitrogen and oxygen atoms in total. The van der Waals surface area contributed by atoms with Crippen LogP contribution in [0.3, 0.4) is 0 Å². The molecule has 1 heterocycles. The van der Waals surface area contributed by atoms with Gasteiger partial charge in [0, 0.05) is 22.1 Å². The van der Waals surface area contributed by atoms with Crippen molar-refractivity contribution in [1.29, 1.82) is 0 Å². The number of aromatic nitrogens is 3. The Morgan fingerprint density at radius 1 is 0.321 bits per heavy atom. The first kappa shape index (κ1) is 31.1. The summed E-state index contributed by atoms with van der Waals surface area (Å²) in [5.41, 5.74) is 12.7. The number of nitrogens with zero attached hydrogens (tertiary/aromatic N) is 3. The highest BCUT2D eigenvalue weighted by molar-refractivity contribution is 6.11. The minimum Gasteiger partial charge on any atom is -0.208 e. The molecular weight excluding hydrogens is 643 g/mol. The van der Waals surface area contributed by atoms with Gasteiger partial charge in [0.2, 0.25) is 0 Å².